The molecule has 2 atom stereocenters. The van der Waals surface area contributed by atoms with Crippen molar-refractivity contribution in [3.8, 4) is 0 Å². The molecule has 6 nitrogen and oxygen atoms in total. The topological polar surface area (TPSA) is 76.1 Å². The molecule has 0 spiro atoms. The van der Waals surface area contributed by atoms with Crippen molar-refractivity contribution in [1.82, 2.24) is 4.90 Å². The van der Waals surface area contributed by atoms with Crippen molar-refractivity contribution in [2.24, 2.45) is 0 Å². The number of aliphatic hydroxyl groups excluding tert-OH is 1. The van der Waals surface area contributed by atoms with Crippen LogP contribution in [0.4, 0.5) is 4.79 Å². The highest BCUT2D eigenvalue weighted by Crippen LogP contribution is 2.23. The third kappa shape index (κ3) is 1.79. The third-order valence-electron chi connectivity index (χ3n) is 2.21. The zero-order valence-corrected chi connectivity index (χ0v) is 8.10. The number of hydrogen-bond donors (Lipinski definition) is 1. The molecule has 1 fully saturated rings. The average molecular weight is 203 g/mol. The van der Waals surface area contributed by atoms with Gasteiger partial charge in [-0.15, -0.1) is 0 Å². The van der Waals surface area contributed by atoms with Crippen LogP contribution in [0, 0.1) is 0 Å². The van der Waals surface area contributed by atoms with E-state index in [4.69, 9.17) is 0 Å². The summed E-state index contributed by atoms with van der Waals surface area (Å²) in [4.78, 5) is 23.4. The lowest BCUT2D eigenvalue weighted by Gasteiger charge is -2.23. The Labute approximate surface area is 81.4 Å². The summed E-state index contributed by atoms with van der Waals surface area (Å²) in [5.41, 5.74) is 0. The molecule has 1 heterocycles. The molecule has 1 saturated heterocycles. The second-order valence-corrected chi connectivity index (χ2v) is 2.97. The summed E-state index contributed by atoms with van der Waals surface area (Å²) in [5.74, 6) is -0.535. The molecule has 0 aromatic rings. The molecule has 1 aliphatic heterocycles. The van der Waals surface area contributed by atoms with Crippen molar-refractivity contribution in [3.05, 3.63) is 0 Å². The molecule has 0 aliphatic carbocycles. The largest absolute Gasteiger partial charge is 0.467 e. The fourth-order valence-electron chi connectivity index (χ4n) is 1.51. The van der Waals surface area contributed by atoms with Crippen LogP contribution in [0.1, 0.15) is 12.8 Å². The number of carbonyl (C=O) groups excluding carboxylic acids is 2. The van der Waals surface area contributed by atoms with Gasteiger partial charge in [0.2, 0.25) is 0 Å². The predicted octanol–water partition coefficient (Wildman–Crippen LogP) is -0.291. The maximum Gasteiger partial charge on any atom is 0.412 e. The normalized spacial score (nSPS) is 26.1. The maximum atomic E-state index is 11.2. The molecular weight excluding hydrogens is 190 g/mol. The van der Waals surface area contributed by atoms with E-state index in [0.29, 0.717) is 12.8 Å². The van der Waals surface area contributed by atoms with E-state index in [1.54, 1.807) is 0 Å². The number of carbonyl (C=O) groups is 2. The minimum absolute atomic E-state index is 0.356. The number of nitrogens with zero attached hydrogens (tertiary/aromatic N) is 1. The Bertz CT molecular complexity index is 242. The van der Waals surface area contributed by atoms with Crippen LogP contribution in [0.15, 0.2) is 0 Å². The van der Waals surface area contributed by atoms with Crippen molar-refractivity contribution in [1.29, 1.82) is 0 Å². The fourth-order valence-corrected chi connectivity index (χ4v) is 1.51. The lowest BCUT2D eigenvalue weighted by Crippen LogP contribution is -2.45. The molecule has 0 aromatic heterocycles. The number of ether oxygens (including phenoxy) is 2. The number of amides is 1. The summed E-state index contributed by atoms with van der Waals surface area (Å²) in [7, 11) is 2.43. The van der Waals surface area contributed by atoms with Gasteiger partial charge >= 0.3 is 12.1 Å². The van der Waals surface area contributed by atoms with Crippen LogP contribution in [-0.4, -0.2) is 48.6 Å². The quantitative estimate of drug-likeness (QED) is 0.592. The number of esters is 1. The number of hydrogen-bond acceptors (Lipinski definition) is 5. The highest BCUT2D eigenvalue weighted by Gasteiger charge is 2.41. The monoisotopic (exact) mass is 203 g/mol. The first kappa shape index (κ1) is 10.8. The van der Waals surface area contributed by atoms with E-state index in [0.717, 1.165) is 4.90 Å². The molecule has 1 aliphatic rings. The molecule has 0 aromatic carbocycles. The second kappa shape index (κ2) is 4.28. The minimum atomic E-state index is -0.966. The van der Waals surface area contributed by atoms with Gasteiger partial charge in [0.15, 0.2) is 0 Å². The number of aliphatic hydroxyl groups is 1. The number of rotatable bonds is 1. The van der Waals surface area contributed by atoms with E-state index >= 15 is 0 Å². The summed E-state index contributed by atoms with van der Waals surface area (Å²) in [6.07, 6.45) is -0.936. The second-order valence-electron chi connectivity index (χ2n) is 2.97. The van der Waals surface area contributed by atoms with Gasteiger partial charge in [-0.25, -0.2) is 9.59 Å². The zero-order chi connectivity index (χ0) is 10.7. The summed E-state index contributed by atoms with van der Waals surface area (Å²) in [6.45, 7) is 0. The lowest BCUT2D eigenvalue weighted by atomic mass is 10.2. The summed E-state index contributed by atoms with van der Waals surface area (Å²) in [6, 6.07) is -0.734. The predicted molar refractivity (Wildman–Crippen MR) is 45.3 cm³/mol. The third-order valence-corrected chi connectivity index (χ3v) is 2.21. The van der Waals surface area contributed by atoms with Gasteiger partial charge in [0.05, 0.1) is 14.2 Å². The van der Waals surface area contributed by atoms with Gasteiger partial charge in [-0.3, -0.25) is 4.90 Å². The standard InChI is InChI=1S/C8H13NO5/c1-13-7(11)5-3-4-6(10)9(5)8(12)14-2/h5-6,10H,3-4H2,1-2H3. The van der Waals surface area contributed by atoms with Crippen LogP contribution in [0.2, 0.25) is 0 Å². The lowest BCUT2D eigenvalue weighted by molar-refractivity contribution is -0.147. The van der Waals surface area contributed by atoms with Crippen molar-refractivity contribution in [3.63, 3.8) is 0 Å². The summed E-state index contributed by atoms with van der Waals surface area (Å²) < 4.78 is 8.96. The smallest absolute Gasteiger partial charge is 0.412 e. The van der Waals surface area contributed by atoms with Crippen LogP contribution >= 0.6 is 0 Å². The van der Waals surface area contributed by atoms with E-state index in [1.165, 1.54) is 14.2 Å². The Kier molecular flexibility index (Phi) is 3.29. The average Bonchev–Trinajstić information content (AvgIpc) is 2.58. The van der Waals surface area contributed by atoms with E-state index in [9.17, 15) is 14.7 Å². The Morgan fingerprint density at radius 3 is 2.43 bits per heavy atom. The van der Waals surface area contributed by atoms with E-state index < -0.39 is 24.3 Å². The molecule has 1 amide bonds. The Hall–Kier alpha value is -1.30. The van der Waals surface area contributed by atoms with Crippen LogP contribution in [0.25, 0.3) is 0 Å². The van der Waals surface area contributed by atoms with E-state index in [2.05, 4.69) is 9.47 Å². The van der Waals surface area contributed by atoms with Crippen LogP contribution < -0.4 is 0 Å². The summed E-state index contributed by atoms with van der Waals surface area (Å²) >= 11 is 0. The Morgan fingerprint density at radius 1 is 1.29 bits per heavy atom. The van der Waals surface area contributed by atoms with Gasteiger partial charge in [0.1, 0.15) is 12.3 Å². The molecule has 80 valence electrons. The van der Waals surface area contributed by atoms with Crippen molar-refractivity contribution < 1.29 is 24.2 Å². The van der Waals surface area contributed by atoms with Gasteiger partial charge < -0.3 is 14.6 Å². The first-order valence-electron chi connectivity index (χ1n) is 4.24. The molecule has 1 N–H and O–H groups in total. The molecule has 0 saturated carbocycles. The van der Waals surface area contributed by atoms with Crippen molar-refractivity contribution in [2.45, 2.75) is 25.1 Å². The van der Waals surface area contributed by atoms with Gasteiger partial charge in [0, 0.05) is 0 Å². The highest BCUT2D eigenvalue weighted by atomic mass is 16.6. The van der Waals surface area contributed by atoms with Gasteiger partial charge in [-0.05, 0) is 12.8 Å². The van der Waals surface area contributed by atoms with Gasteiger partial charge in [0.25, 0.3) is 0 Å². The maximum absolute atomic E-state index is 11.2. The van der Waals surface area contributed by atoms with E-state index in [-0.39, 0.29) is 0 Å². The molecule has 6 heteroatoms. The van der Waals surface area contributed by atoms with Crippen LogP contribution in [-0.2, 0) is 14.3 Å². The van der Waals surface area contributed by atoms with Crippen LogP contribution in [0.3, 0.4) is 0 Å². The molecule has 14 heavy (non-hydrogen) atoms. The molecule has 1 rings (SSSR count). The summed E-state index contributed by atoms with van der Waals surface area (Å²) in [5, 5.41) is 9.42. The Balaban J connectivity index is 2.76. The fraction of sp³-hybridized carbons (Fsp3) is 0.750. The first-order valence-corrected chi connectivity index (χ1v) is 4.24. The molecule has 0 bridgehead atoms. The van der Waals surface area contributed by atoms with Crippen molar-refractivity contribution in [2.75, 3.05) is 14.2 Å². The minimum Gasteiger partial charge on any atom is -0.467 e. The van der Waals surface area contributed by atoms with Crippen LogP contribution in [0.5, 0.6) is 0 Å². The molecule has 0 radical (unpaired) electrons. The zero-order valence-electron chi connectivity index (χ0n) is 8.10. The van der Waals surface area contributed by atoms with Gasteiger partial charge in [-0.1, -0.05) is 0 Å². The molecule has 2 unspecified atom stereocenters. The van der Waals surface area contributed by atoms with E-state index in [1.807, 2.05) is 0 Å². The highest BCUT2D eigenvalue weighted by molar-refractivity contribution is 5.82. The first-order chi connectivity index (χ1) is 6.61. The number of likely N-dealkylation sites (tertiary alicyclic amines) is 1. The molecular formula is C8H13NO5. The SMILES string of the molecule is COC(=O)C1CCC(O)N1C(=O)OC. The number of methoxy groups -OCH3 is 2. The van der Waals surface area contributed by atoms with Gasteiger partial charge in [-0.2, -0.15) is 0 Å². The Morgan fingerprint density at radius 2 is 1.93 bits per heavy atom. The van der Waals surface area contributed by atoms with Crippen molar-refractivity contribution >= 4 is 12.1 Å².